The minimum Gasteiger partial charge on any atom is -0.493 e. The number of carbonyl (C=O) groups excluding carboxylic acids is 1. The number of H-pyrrole nitrogens is 1. The van der Waals surface area contributed by atoms with Gasteiger partial charge in [-0.1, -0.05) is 23.7 Å². The molecule has 0 unspecified atom stereocenters. The number of carbonyl (C=O) groups is 1. The number of nitrogens with one attached hydrogen (secondary N) is 2. The van der Waals surface area contributed by atoms with E-state index in [4.69, 9.17) is 16.3 Å². The van der Waals surface area contributed by atoms with Crippen LogP contribution in [0.4, 0.5) is 0 Å². The molecular formula is C17H14ClN5O2. The fourth-order valence-electron chi connectivity index (χ4n) is 2.69. The van der Waals surface area contributed by atoms with Gasteiger partial charge in [0.15, 0.2) is 5.82 Å². The molecule has 0 radical (unpaired) electrons. The van der Waals surface area contributed by atoms with Gasteiger partial charge in [-0.3, -0.25) is 14.9 Å². The summed E-state index contributed by atoms with van der Waals surface area (Å²) in [5, 5.41) is 9.66. The summed E-state index contributed by atoms with van der Waals surface area (Å²) < 4.78 is 5.48. The molecule has 8 heteroatoms. The van der Waals surface area contributed by atoms with Crippen molar-refractivity contribution in [3.05, 3.63) is 58.5 Å². The standard InChI is InChI=1S/C17H14ClN5O2/c18-13-6-12(8-19-15(13)16-21-9-22-23-16)17(24)20-7-10-1-2-14-11(5-10)3-4-25-14/h1-2,5-6,8-9H,3-4,7H2,(H,20,24)(H,21,22,23). The predicted octanol–water partition coefficient (Wildman–Crippen LogP) is 2.38. The van der Waals surface area contributed by atoms with Crippen molar-refractivity contribution in [2.24, 2.45) is 0 Å². The normalized spacial score (nSPS) is 12.5. The van der Waals surface area contributed by atoms with E-state index in [1.165, 1.54) is 18.1 Å². The van der Waals surface area contributed by atoms with Crippen LogP contribution < -0.4 is 10.1 Å². The smallest absolute Gasteiger partial charge is 0.253 e. The molecule has 3 aromatic rings. The lowest BCUT2D eigenvalue weighted by Crippen LogP contribution is -2.23. The third kappa shape index (κ3) is 3.18. The second-order valence-electron chi connectivity index (χ2n) is 5.61. The number of ether oxygens (including phenoxy) is 1. The molecule has 0 spiro atoms. The first-order chi connectivity index (χ1) is 12.2. The monoisotopic (exact) mass is 355 g/mol. The fourth-order valence-corrected chi connectivity index (χ4v) is 2.95. The Kier molecular flexibility index (Phi) is 4.07. The Morgan fingerprint density at radius 3 is 3.04 bits per heavy atom. The molecule has 7 nitrogen and oxygen atoms in total. The summed E-state index contributed by atoms with van der Waals surface area (Å²) in [6, 6.07) is 7.51. The molecular weight excluding hydrogens is 342 g/mol. The summed E-state index contributed by atoms with van der Waals surface area (Å²) in [4.78, 5) is 20.5. The summed E-state index contributed by atoms with van der Waals surface area (Å²) in [6.45, 7) is 1.14. The van der Waals surface area contributed by atoms with Crippen molar-refractivity contribution in [1.29, 1.82) is 0 Å². The van der Waals surface area contributed by atoms with E-state index >= 15 is 0 Å². The number of aromatic amines is 1. The quantitative estimate of drug-likeness (QED) is 0.749. The SMILES string of the molecule is O=C(NCc1ccc2c(c1)CCO2)c1cnc(-c2ncn[nH]2)c(Cl)c1. The molecule has 0 saturated heterocycles. The van der Waals surface area contributed by atoms with Crippen molar-refractivity contribution >= 4 is 17.5 Å². The maximum Gasteiger partial charge on any atom is 0.253 e. The lowest BCUT2D eigenvalue weighted by atomic mass is 10.1. The van der Waals surface area contributed by atoms with Gasteiger partial charge in [0.05, 0.1) is 17.2 Å². The Labute approximate surface area is 148 Å². The maximum absolute atomic E-state index is 12.3. The van der Waals surface area contributed by atoms with Crippen molar-refractivity contribution in [2.75, 3.05) is 6.61 Å². The molecule has 126 valence electrons. The second kappa shape index (κ2) is 6.52. The molecule has 1 aromatic carbocycles. The van der Waals surface area contributed by atoms with Gasteiger partial charge in [-0.2, -0.15) is 5.10 Å². The number of benzene rings is 1. The van der Waals surface area contributed by atoms with Gasteiger partial charge in [0.25, 0.3) is 5.91 Å². The van der Waals surface area contributed by atoms with Gasteiger partial charge in [-0.05, 0) is 23.3 Å². The number of fused-ring (bicyclic) bond motifs is 1. The summed E-state index contributed by atoms with van der Waals surface area (Å²) in [5.41, 5.74) is 3.04. The van der Waals surface area contributed by atoms with Crippen LogP contribution in [-0.4, -0.2) is 32.7 Å². The summed E-state index contributed by atoms with van der Waals surface area (Å²) in [7, 11) is 0. The summed E-state index contributed by atoms with van der Waals surface area (Å²) >= 11 is 6.20. The minimum absolute atomic E-state index is 0.240. The number of hydrogen-bond donors (Lipinski definition) is 2. The molecule has 0 fully saturated rings. The largest absolute Gasteiger partial charge is 0.493 e. The van der Waals surface area contributed by atoms with Crippen molar-refractivity contribution in [3.8, 4) is 17.3 Å². The molecule has 25 heavy (non-hydrogen) atoms. The van der Waals surface area contributed by atoms with Crippen LogP contribution in [0.2, 0.25) is 5.02 Å². The number of aromatic nitrogens is 4. The Morgan fingerprint density at radius 2 is 2.24 bits per heavy atom. The number of rotatable bonds is 4. The number of amides is 1. The average molecular weight is 356 g/mol. The number of nitrogens with zero attached hydrogens (tertiary/aromatic N) is 3. The molecule has 4 rings (SSSR count). The third-order valence-electron chi connectivity index (χ3n) is 3.95. The van der Waals surface area contributed by atoms with Crippen LogP contribution >= 0.6 is 11.6 Å². The maximum atomic E-state index is 12.3. The zero-order valence-corrected chi connectivity index (χ0v) is 13.9. The van der Waals surface area contributed by atoms with Gasteiger partial charge in [0, 0.05) is 19.2 Å². The number of pyridine rings is 1. The predicted molar refractivity (Wildman–Crippen MR) is 91.4 cm³/mol. The average Bonchev–Trinajstić information content (AvgIpc) is 3.30. The number of halogens is 1. The molecule has 1 aliphatic rings. The zero-order chi connectivity index (χ0) is 17.2. The Balaban J connectivity index is 1.45. The van der Waals surface area contributed by atoms with Crippen molar-refractivity contribution in [2.45, 2.75) is 13.0 Å². The first kappa shape index (κ1) is 15.6. The van der Waals surface area contributed by atoms with Crippen LogP contribution in [0, 0.1) is 0 Å². The Hall–Kier alpha value is -2.93. The Bertz CT molecular complexity index is 927. The molecule has 2 aromatic heterocycles. The van der Waals surface area contributed by atoms with Crippen molar-refractivity contribution in [3.63, 3.8) is 0 Å². The van der Waals surface area contributed by atoms with Gasteiger partial charge < -0.3 is 10.1 Å². The molecule has 0 aliphatic carbocycles. The minimum atomic E-state index is -0.240. The lowest BCUT2D eigenvalue weighted by molar-refractivity contribution is 0.0950. The molecule has 2 N–H and O–H groups in total. The van der Waals surface area contributed by atoms with Crippen LogP contribution in [0.3, 0.4) is 0 Å². The van der Waals surface area contributed by atoms with E-state index in [1.807, 2.05) is 12.1 Å². The molecule has 3 heterocycles. The van der Waals surface area contributed by atoms with Crippen LogP contribution in [0.15, 0.2) is 36.8 Å². The van der Waals surface area contributed by atoms with E-state index in [0.717, 1.165) is 17.7 Å². The highest BCUT2D eigenvalue weighted by Crippen LogP contribution is 2.26. The zero-order valence-electron chi connectivity index (χ0n) is 13.1. The van der Waals surface area contributed by atoms with Crippen LogP contribution in [0.1, 0.15) is 21.5 Å². The first-order valence-corrected chi connectivity index (χ1v) is 8.12. The first-order valence-electron chi connectivity index (χ1n) is 7.75. The van der Waals surface area contributed by atoms with Crippen LogP contribution in [-0.2, 0) is 13.0 Å². The van der Waals surface area contributed by atoms with Crippen LogP contribution in [0.5, 0.6) is 5.75 Å². The van der Waals surface area contributed by atoms with Crippen LogP contribution in [0.25, 0.3) is 11.5 Å². The van der Waals surface area contributed by atoms with Gasteiger partial charge in [-0.25, -0.2) is 4.98 Å². The van der Waals surface area contributed by atoms with Gasteiger partial charge in [0.2, 0.25) is 0 Å². The van der Waals surface area contributed by atoms with E-state index in [1.54, 1.807) is 6.07 Å². The molecule has 0 saturated carbocycles. The van der Waals surface area contributed by atoms with E-state index in [9.17, 15) is 4.79 Å². The lowest BCUT2D eigenvalue weighted by Gasteiger charge is -2.08. The topological polar surface area (TPSA) is 92.8 Å². The van der Waals surface area contributed by atoms with Gasteiger partial charge in [0.1, 0.15) is 17.8 Å². The molecule has 0 atom stereocenters. The second-order valence-corrected chi connectivity index (χ2v) is 6.02. The van der Waals surface area contributed by atoms with E-state index < -0.39 is 0 Å². The molecule has 1 aliphatic heterocycles. The highest BCUT2D eigenvalue weighted by Gasteiger charge is 2.14. The highest BCUT2D eigenvalue weighted by atomic mass is 35.5. The van der Waals surface area contributed by atoms with E-state index in [-0.39, 0.29) is 5.91 Å². The summed E-state index contributed by atoms with van der Waals surface area (Å²) in [6.07, 6.45) is 3.74. The van der Waals surface area contributed by atoms with Gasteiger partial charge >= 0.3 is 0 Å². The number of hydrogen-bond acceptors (Lipinski definition) is 5. The van der Waals surface area contributed by atoms with E-state index in [2.05, 4.69) is 31.5 Å². The van der Waals surface area contributed by atoms with Crippen molar-refractivity contribution < 1.29 is 9.53 Å². The highest BCUT2D eigenvalue weighted by molar-refractivity contribution is 6.33. The molecule has 1 amide bonds. The fraction of sp³-hybridized carbons (Fsp3) is 0.176. The summed E-state index contributed by atoms with van der Waals surface area (Å²) in [5.74, 6) is 1.14. The van der Waals surface area contributed by atoms with Gasteiger partial charge in [-0.15, -0.1) is 0 Å². The third-order valence-corrected chi connectivity index (χ3v) is 4.24. The molecule has 0 bridgehead atoms. The van der Waals surface area contributed by atoms with E-state index in [0.29, 0.717) is 35.3 Å². The van der Waals surface area contributed by atoms with Crippen molar-refractivity contribution in [1.82, 2.24) is 25.5 Å². The Morgan fingerprint density at radius 1 is 1.32 bits per heavy atom.